The largest absolute Gasteiger partial charge is 0.308 e. The first-order valence-corrected chi connectivity index (χ1v) is 16.0. The highest BCUT2D eigenvalue weighted by Crippen LogP contribution is 2.42. The first-order valence-electron chi connectivity index (χ1n) is 16.0. The highest BCUT2D eigenvalue weighted by Gasteiger charge is 2.27. The molecular weight excluding hydrogens is 558 g/mol. The van der Waals surface area contributed by atoms with Gasteiger partial charge in [0.2, 0.25) is 0 Å². The minimum Gasteiger partial charge on any atom is -0.308 e. The molecule has 0 aliphatic heterocycles. The molecule has 1 aliphatic carbocycles. The highest BCUT2D eigenvalue weighted by atomic mass is 14.7. The van der Waals surface area contributed by atoms with E-state index in [1.165, 1.54) is 17.4 Å². The van der Waals surface area contributed by atoms with Crippen LogP contribution in [0.3, 0.4) is 0 Å². The normalized spacial score (nSPS) is 14.8. The lowest BCUT2D eigenvalue weighted by molar-refractivity contribution is 0.831. The van der Waals surface area contributed by atoms with Gasteiger partial charge in [0.25, 0.3) is 0 Å². The van der Waals surface area contributed by atoms with Crippen molar-refractivity contribution in [1.29, 1.82) is 5.41 Å². The number of aliphatic imine (C=N–C) groups is 1. The van der Waals surface area contributed by atoms with Crippen LogP contribution in [0.5, 0.6) is 0 Å². The molecule has 4 aromatic carbocycles. The van der Waals surface area contributed by atoms with E-state index in [9.17, 15) is 0 Å². The van der Waals surface area contributed by atoms with E-state index in [2.05, 4.69) is 120 Å². The van der Waals surface area contributed by atoms with E-state index in [0.717, 1.165) is 62.2 Å². The molecule has 0 saturated heterocycles. The van der Waals surface area contributed by atoms with E-state index in [0.29, 0.717) is 0 Å². The summed E-state index contributed by atoms with van der Waals surface area (Å²) in [5, 5.41) is 8.16. The van der Waals surface area contributed by atoms with Crippen molar-refractivity contribution in [3.05, 3.63) is 174 Å². The van der Waals surface area contributed by atoms with E-state index in [1.807, 2.05) is 52.2 Å². The summed E-state index contributed by atoms with van der Waals surface area (Å²) in [5.41, 5.74) is 13.2. The monoisotopic (exact) mass is 599 g/mol. The fraction of sp³-hybridized carbons (Fsp3) is 0.140. The Morgan fingerprint density at radius 1 is 0.739 bits per heavy atom. The Labute approximate surface area is 274 Å². The molecule has 0 spiro atoms. The molecule has 0 radical (unpaired) electrons. The number of nitrogens with one attached hydrogen (secondary N) is 1. The van der Waals surface area contributed by atoms with Crippen molar-refractivity contribution in [1.82, 2.24) is 4.98 Å². The van der Waals surface area contributed by atoms with Crippen LogP contribution in [-0.4, -0.2) is 24.0 Å². The van der Waals surface area contributed by atoms with Crippen LogP contribution in [0.2, 0.25) is 0 Å². The lowest BCUT2D eigenvalue weighted by Gasteiger charge is -2.28. The zero-order valence-electron chi connectivity index (χ0n) is 27.1. The molecule has 228 valence electrons. The lowest BCUT2D eigenvalue weighted by Crippen LogP contribution is -2.17. The number of pyridine rings is 1. The maximum Gasteiger partial charge on any atom is 0.0687 e. The van der Waals surface area contributed by atoms with Gasteiger partial charge in [-0.05, 0) is 98.8 Å². The third kappa shape index (κ3) is 6.95. The summed E-state index contributed by atoms with van der Waals surface area (Å²) >= 11 is 0. The van der Waals surface area contributed by atoms with Crippen LogP contribution >= 0.6 is 0 Å². The first-order chi connectivity index (χ1) is 22.7. The minimum absolute atomic E-state index is 0.157. The second-order valence-corrected chi connectivity index (χ2v) is 10.9. The summed E-state index contributed by atoms with van der Waals surface area (Å²) in [6.07, 6.45) is 12.6. The molecule has 0 fully saturated rings. The van der Waals surface area contributed by atoms with Gasteiger partial charge in [0, 0.05) is 31.6 Å². The van der Waals surface area contributed by atoms with Crippen LogP contribution < -0.4 is 0 Å². The molecule has 1 unspecified atom stereocenters. The Hall–Kier alpha value is -5.41. The third-order valence-corrected chi connectivity index (χ3v) is 8.28. The number of rotatable bonds is 8. The van der Waals surface area contributed by atoms with E-state index in [4.69, 9.17) is 10.4 Å². The summed E-state index contributed by atoms with van der Waals surface area (Å²) in [6, 6.07) is 40.6. The van der Waals surface area contributed by atoms with Crippen molar-refractivity contribution in [3.8, 4) is 22.3 Å². The van der Waals surface area contributed by atoms with Crippen LogP contribution in [0.1, 0.15) is 55.4 Å². The summed E-state index contributed by atoms with van der Waals surface area (Å²) in [5.74, 6) is 0.157. The van der Waals surface area contributed by atoms with Gasteiger partial charge in [-0.2, -0.15) is 0 Å². The van der Waals surface area contributed by atoms with Crippen molar-refractivity contribution in [2.75, 3.05) is 7.05 Å². The Morgan fingerprint density at radius 3 is 2.00 bits per heavy atom. The fourth-order valence-electron chi connectivity index (χ4n) is 6.09. The quantitative estimate of drug-likeness (QED) is 0.177. The van der Waals surface area contributed by atoms with Gasteiger partial charge in [0.15, 0.2) is 0 Å². The molecule has 3 nitrogen and oxygen atoms in total. The number of aromatic nitrogens is 1. The molecule has 1 N–H and O–H groups in total. The minimum atomic E-state index is 0.157. The van der Waals surface area contributed by atoms with Gasteiger partial charge in [-0.1, -0.05) is 123 Å². The van der Waals surface area contributed by atoms with Gasteiger partial charge in [-0.15, -0.1) is 0 Å². The zero-order valence-corrected chi connectivity index (χ0v) is 27.1. The smallest absolute Gasteiger partial charge is 0.0687 e. The number of hydrogen-bond donors (Lipinski definition) is 1. The maximum atomic E-state index is 8.16. The first kappa shape index (κ1) is 32.0. The maximum absolute atomic E-state index is 8.16. The van der Waals surface area contributed by atoms with Crippen molar-refractivity contribution >= 4 is 23.1 Å². The topological polar surface area (TPSA) is 49.1 Å². The zero-order chi connectivity index (χ0) is 32.3. The van der Waals surface area contributed by atoms with Gasteiger partial charge in [-0.25, -0.2) is 0 Å². The molecule has 5 aromatic rings. The van der Waals surface area contributed by atoms with Crippen LogP contribution in [0, 0.1) is 5.41 Å². The van der Waals surface area contributed by atoms with Crippen molar-refractivity contribution in [3.63, 3.8) is 0 Å². The summed E-state index contributed by atoms with van der Waals surface area (Å²) in [6.45, 7) is 5.99. The molecule has 46 heavy (non-hydrogen) atoms. The average molecular weight is 600 g/mol. The van der Waals surface area contributed by atoms with Crippen LogP contribution in [0.4, 0.5) is 0 Å². The standard InChI is InChI=1S/C41H35N3.C2H6/c1-3-29(27-42)35-24-36(31-21-19-30(20-22-31)34-16-11-23-44-28-34)26-37(25-35)39-18-10-17-38(32-12-6-4-7-13-32)40(39)41(43-2)33-14-8-5-9-15-33;1-2/h3-16,18-28,38,42H,17H2,1-2H3;1-2H3/b29-3+,42-27?,43-41?;. The number of benzene rings is 4. The van der Waals surface area contributed by atoms with Gasteiger partial charge < -0.3 is 5.41 Å². The van der Waals surface area contributed by atoms with Gasteiger partial charge in [-0.3, -0.25) is 9.98 Å². The molecule has 1 aliphatic rings. The molecule has 1 heterocycles. The summed E-state index contributed by atoms with van der Waals surface area (Å²) in [4.78, 5) is 9.20. The second-order valence-electron chi connectivity index (χ2n) is 10.9. The molecule has 0 bridgehead atoms. The summed E-state index contributed by atoms with van der Waals surface area (Å²) in [7, 11) is 1.89. The number of allylic oxidation sites excluding steroid dienone is 6. The van der Waals surface area contributed by atoms with Crippen molar-refractivity contribution < 1.29 is 0 Å². The summed E-state index contributed by atoms with van der Waals surface area (Å²) < 4.78 is 0. The Balaban J connectivity index is 0.00000204. The SMILES string of the molecule is C/C=C(\C=N)c1cc(C2=C(C(=NC)c3ccccc3)C(c3ccccc3)CC=C2)cc(-c2ccc(-c3cccnc3)cc2)c1.CC. The third-order valence-electron chi connectivity index (χ3n) is 8.28. The Kier molecular flexibility index (Phi) is 10.8. The van der Waals surface area contributed by atoms with Crippen molar-refractivity contribution in [2.45, 2.75) is 33.1 Å². The number of hydrogen-bond acceptors (Lipinski definition) is 3. The fourth-order valence-corrected chi connectivity index (χ4v) is 6.09. The lowest BCUT2D eigenvalue weighted by atomic mass is 9.76. The van der Waals surface area contributed by atoms with E-state index in [-0.39, 0.29) is 5.92 Å². The molecule has 0 saturated carbocycles. The van der Waals surface area contributed by atoms with Crippen LogP contribution in [0.15, 0.2) is 156 Å². The molecule has 3 heteroatoms. The van der Waals surface area contributed by atoms with Gasteiger partial charge in [0.1, 0.15) is 0 Å². The van der Waals surface area contributed by atoms with E-state index in [1.54, 1.807) is 6.20 Å². The molecule has 1 aromatic heterocycles. The van der Waals surface area contributed by atoms with Crippen LogP contribution in [0.25, 0.3) is 33.4 Å². The van der Waals surface area contributed by atoms with Gasteiger partial charge in [0.05, 0.1) is 5.71 Å². The highest BCUT2D eigenvalue weighted by molar-refractivity contribution is 6.19. The van der Waals surface area contributed by atoms with E-state index >= 15 is 0 Å². The van der Waals surface area contributed by atoms with Crippen molar-refractivity contribution in [2.24, 2.45) is 4.99 Å². The average Bonchev–Trinajstić information content (AvgIpc) is 3.14. The molecule has 0 amide bonds. The molecule has 6 rings (SSSR count). The Bertz CT molecular complexity index is 1880. The molecular formula is C43H41N3. The van der Waals surface area contributed by atoms with Gasteiger partial charge >= 0.3 is 0 Å². The predicted molar refractivity (Wildman–Crippen MR) is 198 cm³/mol. The predicted octanol–water partition coefficient (Wildman–Crippen LogP) is 11.1. The number of nitrogens with zero attached hydrogens (tertiary/aromatic N) is 2. The van der Waals surface area contributed by atoms with E-state index < -0.39 is 0 Å². The second kappa shape index (κ2) is 15.5. The van der Waals surface area contributed by atoms with Crippen LogP contribution in [-0.2, 0) is 0 Å². The Morgan fingerprint density at radius 2 is 1.39 bits per heavy atom. The molecule has 1 atom stereocenters.